The number of aryl methyl sites for hydroxylation is 2. The standard InChI is InChI=1S/C11H11NOS/c1-8-3-4-10(5-9(8)2)11(13)6-14-7-12/h3-5H,6H2,1-2H3. The fraction of sp³-hybridized carbons (Fsp3) is 0.273. The molecule has 72 valence electrons. The monoisotopic (exact) mass is 205 g/mol. The maximum Gasteiger partial charge on any atom is 0.173 e. The van der Waals surface area contributed by atoms with Crippen LogP contribution in [-0.2, 0) is 0 Å². The van der Waals surface area contributed by atoms with E-state index in [1.165, 1.54) is 5.56 Å². The summed E-state index contributed by atoms with van der Waals surface area (Å²) < 4.78 is 0. The number of Topliss-reactive ketones (excluding diaryl/α,β-unsaturated/α-hetero) is 1. The summed E-state index contributed by atoms with van der Waals surface area (Å²) in [6.45, 7) is 3.98. The van der Waals surface area contributed by atoms with Gasteiger partial charge in [0.2, 0.25) is 0 Å². The topological polar surface area (TPSA) is 40.9 Å². The Balaban J connectivity index is 2.82. The lowest BCUT2D eigenvalue weighted by molar-refractivity contribution is 0.102. The molecule has 0 fully saturated rings. The molecule has 1 rings (SSSR count). The minimum Gasteiger partial charge on any atom is -0.293 e. The van der Waals surface area contributed by atoms with Crippen LogP contribution in [0.1, 0.15) is 21.5 Å². The summed E-state index contributed by atoms with van der Waals surface area (Å²) in [6, 6.07) is 5.61. The Morgan fingerprint density at radius 2 is 2.14 bits per heavy atom. The average molecular weight is 205 g/mol. The molecule has 1 aromatic carbocycles. The van der Waals surface area contributed by atoms with E-state index in [1.807, 2.05) is 37.4 Å². The molecule has 0 aliphatic heterocycles. The summed E-state index contributed by atoms with van der Waals surface area (Å²) >= 11 is 0.977. The summed E-state index contributed by atoms with van der Waals surface area (Å²) in [5.74, 6) is 0.249. The Kier molecular flexibility index (Phi) is 3.73. The molecule has 0 spiro atoms. The molecule has 0 bridgehead atoms. The van der Waals surface area contributed by atoms with Gasteiger partial charge in [-0.05, 0) is 42.8 Å². The normalized spacial score (nSPS) is 9.50. The molecule has 0 aliphatic rings. The zero-order valence-electron chi connectivity index (χ0n) is 8.20. The third-order valence-electron chi connectivity index (χ3n) is 2.10. The zero-order chi connectivity index (χ0) is 10.6. The van der Waals surface area contributed by atoms with Crippen molar-refractivity contribution in [2.45, 2.75) is 13.8 Å². The number of carbonyl (C=O) groups is 1. The van der Waals surface area contributed by atoms with Gasteiger partial charge >= 0.3 is 0 Å². The molecular formula is C11H11NOS. The van der Waals surface area contributed by atoms with Crippen LogP contribution in [0.2, 0.25) is 0 Å². The van der Waals surface area contributed by atoms with Crippen molar-refractivity contribution in [1.29, 1.82) is 5.26 Å². The van der Waals surface area contributed by atoms with Crippen molar-refractivity contribution in [3.05, 3.63) is 34.9 Å². The Morgan fingerprint density at radius 3 is 2.71 bits per heavy atom. The first-order valence-electron chi connectivity index (χ1n) is 4.26. The fourth-order valence-electron chi connectivity index (χ4n) is 1.10. The summed E-state index contributed by atoms with van der Waals surface area (Å²) in [5.41, 5.74) is 2.98. The molecule has 3 heteroatoms. The Labute approximate surface area is 87.9 Å². The van der Waals surface area contributed by atoms with E-state index in [0.29, 0.717) is 5.56 Å². The molecule has 1 aromatic rings. The van der Waals surface area contributed by atoms with E-state index in [1.54, 1.807) is 0 Å². The van der Waals surface area contributed by atoms with Crippen molar-refractivity contribution < 1.29 is 4.79 Å². The van der Waals surface area contributed by atoms with E-state index in [9.17, 15) is 4.79 Å². The number of hydrogen-bond acceptors (Lipinski definition) is 3. The molecule has 0 saturated heterocycles. The predicted octanol–water partition coefficient (Wildman–Crippen LogP) is 2.70. The van der Waals surface area contributed by atoms with Crippen molar-refractivity contribution in [2.24, 2.45) is 0 Å². The van der Waals surface area contributed by atoms with E-state index in [4.69, 9.17) is 5.26 Å². The van der Waals surface area contributed by atoms with E-state index >= 15 is 0 Å². The van der Waals surface area contributed by atoms with Crippen molar-refractivity contribution in [1.82, 2.24) is 0 Å². The second-order valence-electron chi connectivity index (χ2n) is 3.10. The number of benzene rings is 1. The Hall–Kier alpha value is -1.27. The highest BCUT2D eigenvalue weighted by molar-refractivity contribution is 8.04. The molecule has 0 unspecified atom stereocenters. The third kappa shape index (κ3) is 2.61. The van der Waals surface area contributed by atoms with Crippen LogP contribution < -0.4 is 0 Å². The van der Waals surface area contributed by atoms with Crippen molar-refractivity contribution >= 4 is 17.5 Å². The molecule has 0 saturated carbocycles. The van der Waals surface area contributed by atoms with Gasteiger partial charge in [-0.3, -0.25) is 4.79 Å². The van der Waals surface area contributed by atoms with Crippen LogP contribution in [0.25, 0.3) is 0 Å². The molecule has 14 heavy (non-hydrogen) atoms. The second kappa shape index (κ2) is 4.83. The van der Waals surface area contributed by atoms with Gasteiger partial charge in [0.25, 0.3) is 0 Å². The van der Waals surface area contributed by atoms with Crippen LogP contribution in [0.5, 0.6) is 0 Å². The average Bonchev–Trinajstić information content (AvgIpc) is 2.18. The van der Waals surface area contributed by atoms with Gasteiger partial charge in [0.15, 0.2) is 5.78 Å². The van der Waals surface area contributed by atoms with Gasteiger partial charge in [0.1, 0.15) is 5.40 Å². The molecule has 0 aromatic heterocycles. The SMILES string of the molecule is Cc1ccc(C(=O)CSC#N)cc1C. The predicted molar refractivity (Wildman–Crippen MR) is 58.3 cm³/mol. The number of nitrogens with zero attached hydrogens (tertiary/aromatic N) is 1. The lowest BCUT2D eigenvalue weighted by Gasteiger charge is -2.02. The molecule has 0 aliphatic carbocycles. The van der Waals surface area contributed by atoms with E-state index in [-0.39, 0.29) is 11.5 Å². The van der Waals surface area contributed by atoms with Crippen molar-refractivity contribution in [3.63, 3.8) is 0 Å². The number of nitriles is 1. The van der Waals surface area contributed by atoms with Crippen molar-refractivity contribution in [3.8, 4) is 5.40 Å². The highest BCUT2D eigenvalue weighted by Gasteiger charge is 2.06. The van der Waals surface area contributed by atoms with Crippen LogP contribution in [0.4, 0.5) is 0 Å². The van der Waals surface area contributed by atoms with Crippen LogP contribution in [0.15, 0.2) is 18.2 Å². The van der Waals surface area contributed by atoms with Gasteiger partial charge in [-0.1, -0.05) is 12.1 Å². The van der Waals surface area contributed by atoms with Crippen LogP contribution in [-0.4, -0.2) is 11.5 Å². The molecule has 0 amide bonds. The minimum absolute atomic E-state index is 0.0136. The number of thiocyanates is 1. The van der Waals surface area contributed by atoms with E-state index in [0.717, 1.165) is 17.3 Å². The van der Waals surface area contributed by atoms with E-state index in [2.05, 4.69) is 0 Å². The van der Waals surface area contributed by atoms with Gasteiger partial charge < -0.3 is 0 Å². The largest absolute Gasteiger partial charge is 0.293 e. The van der Waals surface area contributed by atoms with Crippen LogP contribution in [0, 0.1) is 24.5 Å². The number of carbonyl (C=O) groups excluding carboxylic acids is 1. The first-order valence-corrected chi connectivity index (χ1v) is 5.25. The summed E-state index contributed by atoms with van der Waals surface area (Å²) in [4.78, 5) is 11.5. The van der Waals surface area contributed by atoms with Gasteiger partial charge in [0.05, 0.1) is 5.75 Å². The number of thioether (sulfide) groups is 1. The summed E-state index contributed by atoms with van der Waals surface area (Å²) in [6.07, 6.45) is 0. The van der Waals surface area contributed by atoms with Gasteiger partial charge in [-0.15, -0.1) is 0 Å². The smallest absolute Gasteiger partial charge is 0.173 e. The highest BCUT2D eigenvalue weighted by Crippen LogP contribution is 2.12. The quantitative estimate of drug-likeness (QED) is 0.562. The lowest BCUT2D eigenvalue weighted by atomic mass is 10.0. The Bertz CT molecular complexity index is 393. The molecule has 0 N–H and O–H groups in total. The molecule has 0 radical (unpaired) electrons. The Morgan fingerprint density at radius 1 is 1.43 bits per heavy atom. The minimum atomic E-state index is 0.0136. The van der Waals surface area contributed by atoms with Crippen molar-refractivity contribution in [2.75, 3.05) is 5.75 Å². The fourth-order valence-corrected chi connectivity index (χ4v) is 1.46. The van der Waals surface area contributed by atoms with E-state index < -0.39 is 0 Å². The molecular weight excluding hydrogens is 194 g/mol. The second-order valence-corrected chi connectivity index (χ2v) is 3.86. The third-order valence-corrected chi connectivity index (χ3v) is 2.63. The van der Waals surface area contributed by atoms with Gasteiger partial charge in [0, 0.05) is 5.56 Å². The maximum atomic E-state index is 11.5. The number of rotatable bonds is 3. The lowest BCUT2D eigenvalue weighted by Crippen LogP contribution is -2.02. The van der Waals surface area contributed by atoms with Crippen LogP contribution >= 0.6 is 11.8 Å². The summed E-state index contributed by atoms with van der Waals surface area (Å²) in [5, 5.41) is 10.2. The first-order chi connectivity index (χ1) is 6.65. The maximum absolute atomic E-state index is 11.5. The summed E-state index contributed by atoms with van der Waals surface area (Å²) in [7, 11) is 0. The van der Waals surface area contributed by atoms with Gasteiger partial charge in [-0.2, -0.15) is 5.26 Å². The number of hydrogen-bond donors (Lipinski definition) is 0. The highest BCUT2D eigenvalue weighted by atomic mass is 32.2. The first kappa shape index (κ1) is 10.8. The zero-order valence-corrected chi connectivity index (χ0v) is 9.02. The molecule has 2 nitrogen and oxygen atoms in total. The van der Waals surface area contributed by atoms with Gasteiger partial charge in [-0.25, -0.2) is 0 Å². The number of ketones is 1. The molecule has 0 atom stereocenters. The molecule has 0 heterocycles. The van der Waals surface area contributed by atoms with Crippen LogP contribution in [0.3, 0.4) is 0 Å².